The second-order valence-corrected chi connectivity index (χ2v) is 2.12. The summed E-state index contributed by atoms with van der Waals surface area (Å²) in [7, 11) is 0. The molecule has 0 saturated heterocycles. The summed E-state index contributed by atoms with van der Waals surface area (Å²) in [4.78, 5) is 0. The summed E-state index contributed by atoms with van der Waals surface area (Å²) in [5.41, 5.74) is -0.0713. The van der Waals surface area contributed by atoms with Crippen LogP contribution in [-0.4, -0.2) is 0 Å². The summed E-state index contributed by atoms with van der Waals surface area (Å²) in [5, 5.41) is 8.04. The zero-order valence-corrected chi connectivity index (χ0v) is 6.24. The highest BCUT2D eigenvalue weighted by molar-refractivity contribution is 5.38. The second kappa shape index (κ2) is 3.64. The Bertz CT molecular complexity index is 411. The number of nitrogens with zero attached hydrogens (tertiary/aromatic N) is 1. The molecule has 1 nitrogen and oxygen atoms in total. The minimum Gasteiger partial charge on any atom is -0.204 e. The SMILES string of the molecule is N#CC#Cc1cc(F)c(F)c(F)c1. The molecule has 0 amide bonds. The molecule has 0 atom stereocenters. The van der Waals surface area contributed by atoms with E-state index in [4.69, 9.17) is 5.26 Å². The van der Waals surface area contributed by atoms with Crippen molar-refractivity contribution in [1.29, 1.82) is 5.26 Å². The number of hydrogen-bond donors (Lipinski definition) is 0. The van der Waals surface area contributed by atoms with E-state index in [-0.39, 0.29) is 5.56 Å². The first kappa shape index (κ1) is 9.15. The highest BCUT2D eigenvalue weighted by Gasteiger charge is 2.08. The Morgan fingerprint density at radius 3 is 2.08 bits per heavy atom. The van der Waals surface area contributed by atoms with Crippen LogP contribution in [0.15, 0.2) is 12.1 Å². The highest BCUT2D eigenvalue weighted by Crippen LogP contribution is 2.12. The molecule has 0 bridgehead atoms. The fraction of sp³-hybridized carbons (Fsp3) is 0. The van der Waals surface area contributed by atoms with E-state index in [0.29, 0.717) is 0 Å². The average Bonchev–Trinajstić information content (AvgIpc) is 2.10. The monoisotopic (exact) mass is 181 g/mol. The third kappa shape index (κ3) is 2.00. The van der Waals surface area contributed by atoms with Gasteiger partial charge in [-0.05, 0) is 12.1 Å². The van der Waals surface area contributed by atoms with Crippen LogP contribution in [0.5, 0.6) is 0 Å². The summed E-state index contributed by atoms with van der Waals surface area (Å²) in [6.07, 6.45) is 0. The van der Waals surface area contributed by atoms with E-state index >= 15 is 0 Å². The number of rotatable bonds is 0. The van der Waals surface area contributed by atoms with Crippen LogP contribution in [0.1, 0.15) is 5.56 Å². The Hall–Kier alpha value is -1.94. The van der Waals surface area contributed by atoms with Gasteiger partial charge in [-0.25, -0.2) is 13.2 Å². The summed E-state index contributed by atoms with van der Waals surface area (Å²) in [5.74, 6) is -0.0905. The smallest absolute Gasteiger partial charge is 0.194 e. The van der Waals surface area contributed by atoms with Crippen molar-refractivity contribution in [3.05, 3.63) is 35.1 Å². The van der Waals surface area contributed by atoms with E-state index in [9.17, 15) is 13.2 Å². The molecule has 0 unspecified atom stereocenters. The number of halogens is 3. The lowest BCUT2D eigenvalue weighted by molar-refractivity contribution is 0.446. The van der Waals surface area contributed by atoms with Crippen LogP contribution in [0.4, 0.5) is 13.2 Å². The minimum atomic E-state index is -1.54. The molecule has 13 heavy (non-hydrogen) atoms. The standard InChI is InChI=1S/C9H2F3N/c10-7-4-6(2-1-3-13)5-8(11)9(7)12/h4-5H. The van der Waals surface area contributed by atoms with Gasteiger partial charge in [-0.15, -0.1) is 0 Å². The Labute approximate surface area is 72.4 Å². The van der Waals surface area contributed by atoms with Gasteiger partial charge in [0.25, 0.3) is 0 Å². The van der Waals surface area contributed by atoms with Gasteiger partial charge in [0.15, 0.2) is 23.5 Å². The van der Waals surface area contributed by atoms with E-state index in [1.807, 2.05) is 5.92 Å². The Morgan fingerprint density at radius 1 is 1.08 bits per heavy atom. The predicted octanol–water partition coefficient (Wildman–Crippen LogP) is 1.98. The van der Waals surface area contributed by atoms with Crippen molar-refractivity contribution >= 4 is 0 Å². The van der Waals surface area contributed by atoms with Gasteiger partial charge in [0.1, 0.15) is 0 Å². The molecule has 0 aliphatic carbocycles. The van der Waals surface area contributed by atoms with Crippen LogP contribution in [-0.2, 0) is 0 Å². The summed E-state index contributed by atoms with van der Waals surface area (Å²) < 4.78 is 37.4. The van der Waals surface area contributed by atoms with Gasteiger partial charge in [-0.2, -0.15) is 5.26 Å². The molecule has 0 N–H and O–H groups in total. The quantitative estimate of drug-likeness (QED) is 0.443. The molecule has 1 aromatic carbocycles. The molecule has 1 aromatic rings. The average molecular weight is 181 g/mol. The van der Waals surface area contributed by atoms with Crippen molar-refractivity contribution in [2.45, 2.75) is 0 Å². The van der Waals surface area contributed by atoms with Crippen molar-refractivity contribution in [1.82, 2.24) is 0 Å². The van der Waals surface area contributed by atoms with E-state index in [1.165, 1.54) is 6.07 Å². The molecule has 0 heterocycles. The van der Waals surface area contributed by atoms with Gasteiger partial charge >= 0.3 is 0 Å². The lowest BCUT2D eigenvalue weighted by atomic mass is 10.2. The van der Waals surface area contributed by atoms with Crippen molar-refractivity contribution in [3.8, 4) is 17.9 Å². The third-order valence-corrected chi connectivity index (χ3v) is 1.25. The molecule has 0 spiro atoms. The number of hydrogen-bond acceptors (Lipinski definition) is 1. The zero-order valence-electron chi connectivity index (χ0n) is 6.24. The number of nitriles is 1. The van der Waals surface area contributed by atoms with Crippen molar-refractivity contribution in [3.63, 3.8) is 0 Å². The molecule has 0 aromatic heterocycles. The van der Waals surface area contributed by atoms with Gasteiger partial charge in [-0.3, -0.25) is 0 Å². The van der Waals surface area contributed by atoms with E-state index in [2.05, 4.69) is 5.92 Å². The zero-order chi connectivity index (χ0) is 9.84. The van der Waals surface area contributed by atoms with Crippen molar-refractivity contribution in [2.24, 2.45) is 0 Å². The van der Waals surface area contributed by atoms with Gasteiger partial charge < -0.3 is 0 Å². The Kier molecular flexibility index (Phi) is 2.56. The van der Waals surface area contributed by atoms with Gasteiger partial charge in [0.05, 0.1) is 0 Å². The van der Waals surface area contributed by atoms with Crippen LogP contribution < -0.4 is 0 Å². The van der Waals surface area contributed by atoms with Gasteiger partial charge in [-0.1, -0.05) is 5.92 Å². The molecule has 0 radical (unpaired) electrons. The Balaban J connectivity index is 3.23. The number of benzene rings is 1. The summed E-state index contributed by atoms with van der Waals surface area (Å²) >= 11 is 0. The maximum atomic E-state index is 12.5. The third-order valence-electron chi connectivity index (χ3n) is 1.25. The van der Waals surface area contributed by atoms with Crippen molar-refractivity contribution < 1.29 is 13.2 Å². The maximum Gasteiger partial charge on any atom is 0.194 e. The maximum absolute atomic E-state index is 12.5. The molecule has 0 fully saturated rings. The molecule has 64 valence electrons. The van der Waals surface area contributed by atoms with Crippen LogP contribution >= 0.6 is 0 Å². The lowest BCUT2D eigenvalue weighted by Gasteiger charge is -1.95. The van der Waals surface area contributed by atoms with Gasteiger partial charge in [0, 0.05) is 11.5 Å². The van der Waals surface area contributed by atoms with Crippen molar-refractivity contribution in [2.75, 3.05) is 0 Å². The topological polar surface area (TPSA) is 23.8 Å². The first-order valence-electron chi connectivity index (χ1n) is 3.20. The van der Waals surface area contributed by atoms with E-state index in [1.54, 1.807) is 0 Å². The molecular formula is C9H2F3N. The minimum absolute atomic E-state index is 0.0713. The first-order chi connectivity index (χ1) is 6.15. The normalized spacial score (nSPS) is 8.46. The lowest BCUT2D eigenvalue weighted by Crippen LogP contribution is -1.91. The predicted molar refractivity (Wildman–Crippen MR) is 38.8 cm³/mol. The van der Waals surface area contributed by atoms with E-state index < -0.39 is 17.5 Å². The molecular weight excluding hydrogens is 179 g/mol. The fourth-order valence-corrected chi connectivity index (χ4v) is 0.728. The molecule has 1 rings (SSSR count). The highest BCUT2D eigenvalue weighted by atomic mass is 19.2. The van der Waals surface area contributed by atoms with Crippen LogP contribution in [0, 0.1) is 40.6 Å². The largest absolute Gasteiger partial charge is 0.204 e. The van der Waals surface area contributed by atoms with Gasteiger partial charge in [0.2, 0.25) is 0 Å². The molecule has 0 aliphatic heterocycles. The molecule has 0 saturated carbocycles. The van der Waals surface area contributed by atoms with Crippen LogP contribution in [0.2, 0.25) is 0 Å². The van der Waals surface area contributed by atoms with Crippen LogP contribution in [0.3, 0.4) is 0 Å². The summed E-state index contributed by atoms with van der Waals surface area (Å²) in [6.45, 7) is 0. The summed E-state index contributed by atoms with van der Waals surface area (Å²) in [6, 6.07) is 2.92. The molecule has 0 aliphatic rings. The fourth-order valence-electron chi connectivity index (χ4n) is 0.728. The first-order valence-corrected chi connectivity index (χ1v) is 3.20. The van der Waals surface area contributed by atoms with Crippen LogP contribution in [0.25, 0.3) is 0 Å². The van der Waals surface area contributed by atoms with E-state index in [0.717, 1.165) is 12.1 Å². The second-order valence-electron chi connectivity index (χ2n) is 2.12. The Morgan fingerprint density at radius 2 is 1.62 bits per heavy atom. The molecule has 4 heteroatoms.